The molecule has 0 radical (unpaired) electrons. The zero-order chi connectivity index (χ0) is 16.3. The van der Waals surface area contributed by atoms with Gasteiger partial charge in [-0.15, -0.1) is 17.9 Å². The van der Waals surface area contributed by atoms with E-state index < -0.39 is 17.9 Å². The van der Waals surface area contributed by atoms with Crippen molar-refractivity contribution in [3.63, 3.8) is 0 Å². The van der Waals surface area contributed by atoms with Gasteiger partial charge in [-0.3, -0.25) is 9.48 Å². The minimum Gasteiger partial charge on any atom is -0.480 e. The normalized spacial score (nSPS) is 12.3. The van der Waals surface area contributed by atoms with Crippen LogP contribution in [0, 0.1) is 6.92 Å². The number of carboxylic acid groups (broad SMARTS) is 1. The first-order valence-corrected chi connectivity index (χ1v) is 7.41. The first-order chi connectivity index (χ1) is 10.4. The van der Waals surface area contributed by atoms with Crippen LogP contribution < -0.4 is 5.32 Å². The van der Waals surface area contributed by atoms with Crippen molar-refractivity contribution in [2.24, 2.45) is 7.05 Å². The van der Waals surface area contributed by atoms with Crippen LogP contribution in [-0.2, 0) is 16.6 Å². The number of fused-ring (bicyclic) bond motifs is 1. The third-order valence-electron chi connectivity index (χ3n) is 3.04. The Kier molecular flexibility index (Phi) is 4.94. The molecule has 2 aromatic rings. The summed E-state index contributed by atoms with van der Waals surface area (Å²) in [5, 5.41) is 16.7. The van der Waals surface area contributed by atoms with Crippen LogP contribution in [0.15, 0.2) is 18.7 Å². The predicted molar refractivity (Wildman–Crippen MR) is 83.2 cm³/mol. The molecule has 0 bridgehead atoms. The lowest BCUT2D eigenvalue weighted by Crippen LogP contribution is -2.43. The summed E-state index contributed by atoms with van der Waals surface area (Å²) in [5.41, 5.74) is 0.830. The fourth-order valence-electron chi connectivity index (χ4n) is 1.99. The molecule has 2 N–H and O–H groups in total. The Morgan fingerprint density at radius 1 is 1.64 bits per heavy atom. The van der Waals surface area contributed by atoms with Gasteiger partial charge in [-0.2, -0.15) is 5.10 Å². The average Bonchev–Trinajstić information content (AvgIpc) is 3.00. The Labute approximate surface area is 131 Å². The highest BCUT2D eigenvalue weighted by Gasteiger charge is 2.22. The Hall–Kier alpha value is -2.19. The molecule has 0 fully saturated rings. The quantitative estimate of drug-likeness (QED) is 0.592. The van der Waals surface area contributed by atoms with Gasteiger partial charge in [0.1, 0.15) is 4.83 Å². The highest BCUT2D eigenvalue weighted by Crippen LogP contribution is 2.27. The molecule has 0 saturated carbocycles. The van der Waals surface area contributed by atoms with Crippen molar-refractivity contribution in [1.29, 1.82) is 0 Å². The molecule has 1 atom stereocenters. The monoisotopic (exact) mass is 323 g/mol. The van der Waals surface area contributed by atoms with E-state index in [1.807, 2.05) is 6.92 Å². The highest BCUT2D eigenvalue weighted by molar-refractivity contribution is 7.20. The topological polar surface area (TPSA) is 93.5 Å². The molecule has 2 rings (SSSR count). The zero-order valence-corrected chi connectivity index (χ0v) is 13.1. The number of aliphatic carboxylic acids is 1. The van der Waals surface area contributed by atoms with E-state index in [2.05, 4.69) is 17.0 Å². The number of nitrogens with zero attached hydrogens (tertiary/aromatic N) is 2. The largest absolute Gasteiger partial charge is 0.480 e. The van der Waals surface area contributed by atoms with Crippen LogP contribution in [0.2, 0.25) is 0 Å². The number of ether oxygens (including phenoxy) is 1. The minimum atomic E-state index is -1.14. The molecular formula is C14H17N3O4S. The van der Waals surface area contributed by atoms with E-state index in [9.17, 15) is 9.59 Å². The number of carbonyl (C=O) groups excluding carboxylic acids is 1. The van der Waals surface area contributed by atoms with Crippen molar-refractivity contribution in [1.82, 2.24) is 15.1 Å². The number of thiophene rings is 1. The maximum absolute atomic E-state index is 12.2. The summed E-state index contributed by atoms with van der Waals surface area (Å²) >= 11 is 1.27. The van der Waals surface area contributed by atoms with Gasteiger partial charge in [-0.1, -0.05) is 6.08 Å². The molecule has 1 unspecified atom stereocenters. The van der Waals surface area contributed by atoms with Gasteiger partial charge in [0.2, 0.25) is 0 Å². The van der Waals surface area contributed by atoms with Crippen LogP contribution in [0.3, 0.4) is 0 Å². The zero-order valence-electron chi connectivity index (χ0n) is 12.3. The van der Waals surface area contributed by atoms with Crippen LogP contribution in [0.25, 0.3) is 10.2 Å². The van der Waals surface area contributed by atoms with Crippen molar-refractivity contribution >= 4 is 33.4 Å². The van der Waals surface area contributed by atoms with Crippen LogP contribution in [0.1, 0.15) is 15.4 Å². The van der Waals surface area contributed by atoms with Gasteiger partial charge in [-0.05, 0) is 13.0 Å². The van der Waals surface area contributed by atoms with E-state index in [1.165, 1.54) is 17.4 Å². The minimum absolute atomic E-state index is 0.113. The second kappa shape index (κ2) is 6.71. The lowest BCUT2D eigenvalue weighted by Gasteiger charge is -2.13. The van der Waals surface area contributed by atoms with E-state index in [-0.39, 0.29) is 13.2 Å². The second-order valence-corrected chi connectivity index (χ2v) is 5.76. The number of carbonyl (C=O) groups is 2. The lowest BCUT2D eigenvalue weighted by atomic mass is 10.2. The molecule has 0 aliphatic rings. The van der Waals surface area contributed by atoms with Crippen LogP contribution in [0.4, 0.5) is 0 Å². The van der Waals surface area contributed by atoms with Crippen molar-refractivity contribution in [3.8, 4) is 0 Å². The van der Waals surface area contributed by atoms with E-state index >= 15 is 0 Å². The van der Waals surface area contributed by atoms with Crippen molar-refractivity contribution < 1.29 is 19.4 Å². The Bertz CT molecular complexity index is 685. The summed E-state index contributed by atoms with van der Waals surface area (Å²) in [7, 11) is 1.80. The number of hydrogen-bond acceptors (Lipinski definition) is 5. The summed E-state index contributed by atoms with van der Waals surface area (Å²) in [6.45, 7) is 5.46. The van der Waals surface area contributed by atoms with Gasteiger partial charge in [-0.25, -0.2) is 4.79 Å². The fourth-order valence-corrected chi connectivity index (χ4v) is 3.02. The molecule has 7 nitrogen and oxygen atoms in total. The molecule has 2 heterocycles. The number of aromatic nitrogens is 2. The first-order valence-electron chi connectivity index (χ1n) is 6.59. The summed E-state index contributed by atoms with van der Waals surface area (Å²) in [5.74, 6) is -1.58. The molecule has 1 amide bonds. The molecular weight excluding hydrogens is 306 g/mol. The van der Waals surface area contributed by atoms with Crippen molar-refractivity contribution in [3.05, 3.63) is 29.3 Å². The fraction of sp³-hybridized carbons (Fsp3) is 0.357. The summed E-state index contributed by atoms with van der Waals surface area (Å²) in [4.78, 5) is 24.7. The molecule has 0 aromatic carbocycles. The lowest BCUT2D eigenvalue weighted by molar-refractivity contribution is -0.140. The average molecular weight is 323 g/mol. The second-order valence-electron chi connectivity index (χ2n) is 4.73. The van der Waals surface area contributed by atoms with Gasteiger partial charge in [0, 0.05) is 12.4 Å². The number of hydrogen-bond donors (Lipinski definition) is 2. The maximum atomic E-state index is 12.2. The molecule has 0 saturated heterocycles. The number of rotatable bonds is 7. The Balaban J connectivity index is 2.12. The molecule has 0 aliphatic carbocycles. The highest BCUT2D eigenvalue weighted by atomic mass is 32.1. The van der Waals surface area contributed by atoms with Gasteiger partial charge in [0.05, 0.1) is 23.8 Å². The summed E-state index contributed by atoms with van der Waals surface area (Å²) < 4.78 is 6.80. The number of aryl methyl sites for hydroxylation is 2. The molecule has 0 spiro atoms. The Morgan fingerprint density at radius 3 is 2.95 bits per heavy atom. The molecule has 0 aliphatic heterocycles. The van der Waals surface area contributed by atoms with Gasteiger partial charge >= 0.3 is 5.97 Å². The SMILES string of the molecule is C=CCOCC(NC(=O)c1cc2c(C)nn(C)c2s1)C(=O)O. The Morgan fingerprint density at radius 2 is 2.36 bits per heavy atom. The first kappa shape index (κ1) is 16.2. The predicted octanol–water partition coefficient (Wildman–Crippen LogP) is 1.33. The van der Waals surface area contributed by atoms with E-state index in [0.717, 1.165) is 15.9 Å². The van der Waals surface area contributed by atoms with Gasteiger partial charge < -0.3 is 15.2 Å². The van der Waals surface area contributed by atoms with E-state index in [1.54, 1.807) is 17.8 Å². The molecule has 118 valence electrons. The van der Waals surface area contributed by atoms with E-state index in [4.69, 9.17) is 9.84 Å². The maximum Gasteiger partial charge on any atom is 0.328 e. The van der Waals surface area contributed by atoms with Gasteiger partial charge in [0.25, 0.3) is 5.91 Å². The molecule has 22 heavy (non-hydrogen) atoms. The van der Waals surface area contributed by atoms with E-state index in [0.29, 0.717) is 4.88 Å². The summed E-state index contributed by atoms with van der Waals surface area (Å²) in [6, 6.07) is 0.623. The van der Waals surface area contributed by atoms with Crippen LogP contribution in [0.5, 0.6) is 0 Å². The van der Waals surface area contributed by atoms with Crippen molar-refractivity contribution in [2.75, 3.05) is 13.2 Å². The van der Waals surface area contributed by atoms with Crippen LogP contribution in [-0.4, -0.2) is 46.0 Å². The number of nitrogens with one attached hydrogen (secondary N) is 1. The van der Waals surface area contributed by atoms with Crippen LogP contribution >= 0.6 is 11.3 Å². The third-order valence-corrected chi connectivity index (χ3v) is 4.24. The molecule has 2 aromatic heterocycles. The third kappa shape index (κ3) is 3.34. The number of amides is 1. The smallest absolute Gasteiger partial charge is 0.328 e. The van der Waals surface area contributed by atoms with Crippen molar-refractivity contribution in [2.45, 2.75) is 13.0 Å². The van der Waals surface area contributed by atoms with Gasteiger partial charge in [0.15, 0.2) is 6.04 Å². The number of carboxylic acids is 1. The standard InChI is InChI=1S/C14H17N3O4S/c1-4-5-21-7-10(14(19)20)15-12(18)11-6-9-8(2)16-17(3)13(9)22-11/h4,6,10H,1,5,7H2,2-3H3,(H,15,18)(H,19,20). The molecule has 8 heteroatoms. The summed E-state index contributed by atoms with van der Waals surface area (Å²) in [6.07, 6.45) is 1.52.